The van der Waals surface area contributed by atoms with Crippen LogP contribution in [0.3, 0.4) is 0 Å². The predicted octanol–water partition coefficient (Wildman–Crippen LogP) is 6.73. The Morgan fingerprint density at radius 2 is 1.70 bits per heavy atom. The fraction of sp³-hybridized carbons (Fsp3) is 0.105. The Kier molecular flexibility index (Phi) is 7.24. The number of urea groups is 1. The lowest BCUT2D eigenvalue weighted by molar-refractivity contribution is -0.0328. The van der Waals surface area contributed by atoms with Crippen LogP contribution in [0.2, 0.25) is 4.47 Å². The van der Waals surface area contributed by atoms with Gasteiger partial charge in [0.15, 0.2) is 4.47 Å². The van der Waals surface area contributed by atoms with Crippen molar-refractivity contribution >= 4 is 57.3 Å². The lowest BCUT2D eigenvalue weighted by Crippen LogP contribution is -2.45. The van der Waals surface area contributed by atoms with Crippen LogP contribution in [0.1, 0.15) is 10.4 Å². The molecule has 0 spiro atoms. The molecule has 0 aliphatic carbocycles. The number of nitrogens with zero attached hydrogens (tertiary/aromatic N) is 3. The van der Waals surface area contributed by atoms with Crippen LogP contribution in [0, 0.1) is 17.5 Å². The van der Waals surface area contributed by atoms with Gasteiger partial charge in [0.1, 0.15) is 28.0 Å². The van der Waals surface area contributed by atoms with Gasteiger partial charge in [-0.15, -0.1) is 0 Å². The average Bonchev–Trinajstić information content (AvgIpc) is 3.12. The lowest BCUT2D eigenvalue weighted by Gasteiger charge is -2.26. The zero-order valence-corrected chi connectivity index (χ0v) is 18.6. The lowest BCUT2D eigenvalue weighted by atomic mass is 10.1. The van der Waals surface area contributed by atoms with Gasteiger partial charge in [0.25, 0.3) is 5.91 Å². The van der Waals surface area contributed by atoms with Gasteiger partial charge >= 0.3 is 11.5 Å². The summed E-state index contributed by atoms with van der Waals surface area (Å²) in [4.78, 5) is 30.3. The van der Waals surface area contributed by atoms with E-state index in [9.17, 15) is 35.9 Å². The Bertz CT molecular complexity index is 1200. The normalized spacial score (nSPS) is 11.4. The standard InChI is InChI=1S/C19H10ClF6N3O2S2/c1-28(13-6-5-9(7-12(13)23)33-19(24,25)26)18(31)29(14-8-27-17(20)32-14)16(30)15-10(21)3-2-4-11(15)22/h2-8H,1H3. The van der Waals surface area contributed by atoms with E-state index in [0.717, 1.165) is 43.6 Å². The largest absolute Gasteiger partial charge is 0.446 e. The molecule has 5 nitrogen and oxygen atoms in total. The molecule has 174 valence electrons. The van der Waals surface area contributed by atoms with Crippen LogP contribution < -0.4 is 9.80 Å². The number of hydrogen-bond acceptors (Lipinski definition) is 5. The van der Waals surface area contributed by atoms with E-state index in [4.69, 9.17) is 11.6 Å². The summed E-state index contributed by atoms with van der Waals surface area (Å²) >= 11 is 5.83. The molecule has 3 rings (SSSR count). The number of thioether (sulfide) groups is 1. The van der Waals surface area contributed by atoms with Gasteiger partial charge in [-0.3, -0.25) is 9.69 Å². The number of aromatic nitrogens is 1. The van der Waals surface area contributed by atoms with Crippen LogP contribution in [-0.4, -0.2) is 29.5 Å². The first-order chi connectivity index (χ1) is 15.4. The van der Waals surface area contributed by atoms with E-state index in [0.29, 0.717) is 27.2 Å². The summed E-state index contributed by atoms with van der Waals surface area (Å²) in [6.07, 6.45) is 0.995. The maximum Gasteiger partial charge on any atom is 0.446 e. The van der Waals surface area contributed by atoms with Gasteiger partial charge in [-0.25, -0.2) is 27.8 Å². The predicted molar refractivity (Wildman–Crippen MR) is 112 cm³/mol. The summed E-state index contributed by atoms with van der Waals surface area (Å²) < 4.78 is 80.4. The molecular formula is C19H10ClF6N3O2S2. The van der Waals surface area contributed by atoms with E-state index in [1.807, 2.05) is 0 Å². The van der Waals surface area contributed by atoms with E-state index in [1.54, 1.807) is 0 Å². The molecule has 3 amide bonds. The number of halogens is 7. The summed E-state index contributed by atoms with van der Waals surface area (Å²) in [5, 5.41) is -0.228. The van der Waals surface area contributed by atoms with Crippen molar-refractivity contribution < 1.29 is 35.9 Å². The van der Waals surface area contributed by atoms with Crippen molar-refractivity contribution in [2.75, 3.05) is 16.8 Å². The number of benzene rings is 2. The molecule has 0 radical (unpaired) electrons. The Morgan fingerprint density at radius 3 is 2.21 bits per heavy atom. The van der Waals surface area contributed by atoms with Gasteiger partial charge in [0, 0.05) is 11.9 Å². The molecule has 0 fully saturated rings. The van der Waals surface area contributed by atoms with Crippen molar-refractivity contribution in [1.82, 2.24) is 4.98 Å². The Labute approximate surface area is 195 Å². The van der Waals surface area contributed by atoms with Crippen molar-refractivity contribution in [3.8, 4) is 0 Å². The van der Waals surface area contributed by atoms with Crippen LogP contribution in [-0.2, 0) is 0 Å². The summed E-state index contributed by atoms with van der Waals surface area (Å²) in [5.74, 6) is -5.13. The van der Waals surface area contributed by atoms with Gasteiger partial charge in [-0.1, -0.05) is 29.0 Å². The molecule has 14 heteroatoms. The molecule has 2 aromatic carbocycles. The first kappa shape index (κ1) is 24.9. The first-order valence-electron chi connectivity index (χ1n) is 8.62. The van der Waals surface area contributed by atoms with E-state index in [1.165, 1.54) is 0 Å². The second-order valence-electron chi connectivity index (χ2n) is 6.19. The minimum absolute atomic E-state index is 0.105. The number of carbonyl (C=O) groups is 2. The monoisotopic (exact) mass is 525 g/mol. The Morgan fingerprint density at radius 1 is 1.06 bits per heavy atom. The van der Waals surface area contributed by atoms with E-state index < -0.39 is 62.8 Å². The van der Waals surface area contributed by atoms with Gasteiger partial charge < -0.3 is 0 Å². The van der Waals surface area contributed by atoms with E-state index >= 15 is 0 Å². The molecule has 1 aromatic heterocycles. The molecule has 1 heterocycles. The third-order valence-corrected chi connectivity index (χ3v) is 5.88. The van der Waals surface area contributed by atoms with E-state index in [2.05, 4.69) is 4.98 Å². The molecule has 0 saturated heterocycles. The molecule has 0 bridgehead atoms. The summed E-state index contributed by atoms with van der Waals surface area (Å²) in [5.41, 5.74) is -6.20. The van der Waals surface area contributed by atoms with Crippen LogP contribution in [0.4, 0.5) is 41.8 Å². The highest BCUT2D eigenvalue weighted by molar-refractivity contribution is 8.00. The van der Waals surface area contributed by atoms with Crippen molar-refractivity contribution in [2.24, 2.45) is 0 Å². The second-order valence-corrected chi connectivity index (χ2v) is 8.92. The average molecular weight is 526 g/mol. The van der Waals surface area contributed by atoms with Gasteiger partial charge in [-0.05, 0) is 42.1 Å². The number of amides is 3. The summed E-state index contributed by atoms with van der Waals surface area (Å²) in [6.45, 7) is 0. The number of thiazole rings is 1. The number of imide groups is 1. The number of hydrogen-bond donors (Lipinski definition) is 0. The molecule has 0 aliphatic rings. The third-order valence-electron chi connectivity index (χ3n) is 4.06. The molecule has 0 saturated carbocycles. The quantitative estimate of drug-likeness (QED) is 0.280. The molecule has 0 unspecified atom stereocenters. The highest BCUT2D eigenvalue weighted by Gasteiger charge is 2.34. The third kappa shape index (κ3) is 5.60. The van der Waals surface area contributed by atoms with Crippen LogP contribution in [0.5, 0.6) is 0 Å². The van der Waals surface area contributed by atoms with Crippen LogP contribution in [0.25, 0.3) is 0 Å². The first-order valence-corrected chi connectivity index (χ1v) is 10.6. The van der Waals surface area contributed by atoms with Crippen molar-refractivity contribution in [3.63, 3.8) is 0 Å². The number of anilines is 2. The second kappa shape index (κ2) is 9.61. The zero-order chi connectivity index (χ0) is 24.5. The summed E-state index contributed by atoms with van der Waals surface area (Å²) in [7, 11) is 1.03. The SMILES string of the molecule is CN(C(=O)N(C(=O)c1c(F)cccc1F)c1cnc(Cl)s1)c1ccc(SC(F)(F)F)cc1F. The van der Waals surface area contributed by atoms with E-state index in [-0.39, 0.29) is 9.47 Å². The van der Waals surface area contributed by atoms with Gasteiger partial charge in [0.05, 0.1) is 11.9 Å². The maximum absolute atomic E-state index is 14.5. The highest BCUT2D eigenvalue weighted by atomic mass is 35.5. The molecule has 3 aromatic rings. The minimum Gasteiger partial charge on any atom is -0.294 e. The van der Waals surface area contributed by atoms with Crippen molar-refractivity contribution in [1.29, 1.82) is 0 Å². The summed E-state index contributed by atoms with van der Waals surface area (Å²) in [6, 6.07) is 3.74. The van der Waals surface area contributed by atoms with Crippen molar-refractivity contribution in [2.45, 2.75) is 10.4 Å². The molecule has 0 aliphatic heterocycles. The Hall–Kier alpha value is -2.77. The van der Waals surface area contributed by atoms with Gasteiger partial charge in [-0.2, -0.15) is 13.2 Å². The number of alkyl halides is 3. The smallest absolute Gasteiger partial charge is 0.294 e. The molecule has 0 N–H and O–H groups in total. The number of rotatable bonds is 4. The minimum atomic E-state index is -4.66. The molecular weight excluding hydrogens is 516 g/mol. The van der Waals surface area contributed by atoms with Crippen LogP contribution >= 0.6 is 34.7 Å². The van der Waals surface area contributed by atoms with Gasteiger partial charge in [0.2, 0.25) is 0 Å². The molecule has 33 heavy (non-hydrogen) atoms. The number of carbonyl (C=O) groups excluding carboxylic acids is 2. The maximum atomic E-state index is 14.5. The Balaban J connectivity index is 2.01. The fourth-order valence-electron chi connectivity index (χ4n) is 2.65. The highest BCUT2D eigenvalue weighted by Crippen LogP contribution is 2.38. The molecule has 0 atom stereocenters. The van der Waals surface area contributed by atoms with Crippen LogP contribution in [0.15, 0.2) is 47.5 Å². The fourth-order valence-corrected chi connectivity index (χ4v) is 4.14. The topological polar surface area (TPSA) is 53.5 Å². The van der Waals surface area contributed by atoms with Crippen molar-refractivity contribution in [3.05, 3.63) is 70.1 Å². The zero-order valence-electron chi connectivity index (χ0n) is 16.2.